The molecule has 3 rings (SSSR count). The fraction of sp³-hybridized carbons (Fsp3) is 0.364. The molecule has 0 aliphatic carbocycles. The van der Waals surface area contributed by atoms with E-state index in [1.165, 1.54) is 0 Å². The first-order chi connectivity index (χ1) is 13.9. The molecule has 154 valence electrons. The summed E-state index contributed by atoms with van der Waals surface area (Å²) in [5.74, 6) is 0.551. The fourth-order valence-corrected chi connectivity index (χ4v) is 3.64. The summed E-state index contributed by atoms with van der Waals surface area (Å²) in [7, 11) is 0. The van der Waals surface area contributed by atoms with Crippen LogP contribution in [0.5, 0.6) is 5.75 Å². The van der Waals surface area contributed by atoms with E-state index in [1.54, 1.807) is 21.9 Å². The van der Waals surface area contributed by atoms with Gasteiger partial charge in [0.2, 0.25) is 11.8 Å². The number of nitrogens with zero attached hydrogens (tertiary/aromatic N) is 2. The van der Waals surface area contributed by atoms with E-state index < -0.39 is 0 Å². The lowest BCUT2D eigenvalue weighted by molar-refractivity contribution is -0.135. The summed E-state index contributed by atoms with van der Waals surface area (Å²) >= 11 is 12.1. The van der Waals surface area contributed by atoms with Crippen molar-refractivity contribution in [2.75, 3.05) is 18.1 Å². The number of carbonyl (C=O) groups is 2. The molecule has 0 spiro atoms. The number of para-hydroxylation sites is 2. The maximum absolute atomic E-state index is 12.8. The van der Waals surface area contributed by atoms with Crippen molar-refractivity contribution in [3.8, 4) is 5.75 Å². The molecule has 2 amide bonds. The lowest BCUT2D eigenvalue weighted by atomic mass is 10.1. The summed E-state index contributed by atoms with van der Waals surface area (Å²) in [6, 6.07) is 12.8. The molecule has 5 nitrogen and oxygen atoms in total. The van der Waals surface area contributed by atoms with Gasteiger partial charge in [-0.2, -0.15) is 0 Å². The van der Waals surface area contributed by atoms with E-state index in [-0.39, 0.29) is 30.7 Å². The van der Waals surface area contributed by atoms with Gasteiger partial charge in [-0.1, -0.05) is 41.4 Å². The SMILES string of the molecule is CC(C)N(Cc1ccc(Cl)c(Cl)c1)C(=O)CCC(=O)N1CCOc2ccccc21. The van der Waals surface area contributed by atoms with Gasteiger partial charge in [0.25, 0.3) is 0 Å². The van der Waals surface area contributed by atoms with E-state index in [4.69, 9.17) is 27.9 Å². The van der Waals surface area contributed by atoms with Crippen molar-refractivity contribution in [2.24, 2.45) is 0 Å². The highest BCUT2D eigenvalue weighted by Gasteiger charge is 2.25. The van der Waals surface area contributed by atoms with Crippen LogP contribution in [0.1, 0.15) is 32.3 Å². The highest BCUT2D eigenvalue weighted by atomic mass is 35.5. The summed E-state index contributed by atoms with van der Waals surface area (Å²) in [4.78, 5) is 29.1. The van der Waals surface area contributed by atoms with Crippen molar-refractivity contribution in [2.45, 2.75) is 39.3 Å². The lowest BCUT2D eigenvalue weighted by Crippen LogP contribution is -2.40. The number of fused-ring (bicyclic) bond motifs is 1. The van der Waals surface area contributed by atoms with E-state index >= 15 is 0 Å². The molecule has 0 saturated carbocycles. The molecule has 0 fully saturated rings. The number of rotatable bonds is 6. The van der Waals surface area contributed by atoms with Crippen LogP contribution in [-0.4, -0.2) is 35.9 Å². The molecule has 0 N–H and O–H groups in total. The average molecular weight is 435 g/mol. The van der Waals surface area contributed by atoms with Crippen LogP contribution in [-0.2, 0) is 16.1 Å². The summed E-state index contributed by atoms with van der Waals surface area (Å²) in [6.07, 6.45) is 0.301. The van der Waals surface area contributed by atoms with Crippen LogP contribution in [0.3, 0.4) is 0 Å². The van der Waals surface area contributed by atoms with Crippen molar-refractivity contribution in [3.63, 3.8) is 0 Å². The molecule has 0 bridgehead atoms. The molecule has 1 aliphatic heterocycles. The highest BCUT2D eigenvalue weighted by Crippen LogP contribution is 2.31. The van der Waals surface area contributed by atoms with Gasteiger partial charge in [0.1, 0.15) is 12.4 Å². The number of carbonyl (C=O) groups excluding carboxylic acids is 2. The van der Waals surface area contributed by atoms with E-state index in [1.807, 2.05) is 44.2 Å². The molecular formula is C22H24Cl2N2O3. The van der Waals surface area contributed by atoms with E-state index in [9.17, 15) is 9.59 Å². The number of benzene rings is 2. The lowest BCUT2D eigenvalue weighted by Gasteiger charge is -2.30. The topological polar surface area (TPSA) is 49.9 Å². The van der Waals surface area contributed by atoms with Crippen LogP contribution in [0, 0.1) is 0 Å². The number of hydrogen-bond donors (Lipinski definition) is 0. The Hall–Kier alpha value is -2.24. The number of amides is 2. The van der Waals surface area contributed by atoms with Gasteiger partial charge in [0.05, 0.1) is 22.3 Å². The zero-order chi connectivity index (χ0) is 21.0. The molecule has 0 radical (unpaired) electrons. The van der Waals surface area contributed by atoms with Crippen LogP contribution >= 0.6 is 23.2 Å². The predicted octanol–water partition coefficient (Wildman–Crippen LogP) is 4.94. The van der Waals surface area contributed by atoms with Gasteiger partial charge in [0, 0.05) is 25.4 Å². The molecule has 0 saturated heterocycles. The third kappa shape index (κ3) is 5.22. The Morgan fingerprint density at radius 2 is 1.86 bits per heavy atom. The second-order valence-electron chi connectivity index (χ2n) is 7.23. The molecule has 1 heterocycles. The van der Waals surface area contributed by atoms with Gasteiger partial charge in [-0.05, 0) is 43.7 Å². The second-order valence-corrected chi connectivity index (χ2v) is 8.04. The Kier molecular flexibility index (Phi) is 7.04. The maximum atomic E-state index is 12.8. The Bertz CT molecular complexity index is 901. The molecule has 2 aromatic rings. The van der Waals surface area contributed by atoms with Crippen LogP contribution in [0.25, 0.3) is 0 Å². The summed E-state index contributed by atoms with van der Waals surface area (Å²) in [6.45, 7) is 5.26. The average Bonchev–Trinajstić information content (AvgIpc) is 2.71. The van der Waals surface area contributed by atoms with Crippen molar-refractivity contribution < 1.29 is 14.3 Å². The van der Waals surface area contributed by atoms with Crippen LogP contribution < -0.4 is 9.64 Å². The smallest absolute Gasteiger partial charge is 0.227 e. The zero-order valence-electron chi connectivity index (χ0n) is 16.5. The number of ether oxygens (including phenoxy) is 1. The normalized spacial score (nSPS) is 13.1. The minimum atomic E-state index is -0.0765. The van der Waals surface area contributed by atoms with Gasteiger partial charge in [0.15, 0.2) is 0 Å². The first-order valence-electron chi connectivity index (χ1n) is 9.62. The third-order valence-electron chi connectivity index (χ3n) is 4.86. The van der Waals surface area contributed by atoms with Crippen LogP contribution in [0.4, 0.5) is 5.69 Å². The van der Waals surface area contributed by atoms with Gasteiger partial charge in [-0.25, -0.2) is 0 Å². The van der Waals surface area contributed by atoms with Crippen molar-refractivity contribution in [3.05, 3.63) is 58.1 Å². The Balaban J connectivity index is 1.63. The largest absolute Gasteiger partial charge is 0.490 e. The number of anilines is 1. The minimum absolute atomic E-state index is 0.00355. The van der Waals surface area contributed by atoms with Crippen molar-refractivity contribution in [1.29, 1.82) is 0 Å². The monoisotopic (exact) mass is 434 g/mol. The first kappa shape index (κ1) is 21.5. The first-order valence-corrected chi connectivity index (χ1v) is 10.4. The predicted molar refractivity (Wildman–Crippen MR) is 116 cm³/mol. The van der Waals surface area contributed by atoms with E-state index in [0.717, 1.165) is 11.3 Å². The second kappa shape index (κ2) is 9.51. The summed E-state index contributed by atoms with van der Waals surface area (Å²) in [5.41, 5.74) is 1.66. The maximum Gasteiger partial charge on any atom is 0.227 e. The van der Waals surface area contributed by atoms with Crippen LogP contribution in [0.2, 0.25) is 10.0 Å². The molecule has 0 atom stereocenters. The van der Waals surface area contributed by atoms with Gasteiger partial charge < -0.3 is 14.5 Å². The summed E-state index contributed by atoms with van der Waals surface area (Å²) < 4.78 is 5.59. The molecule has 29 heavy (non-hydrogen) atoms. The Morgan fingerprint density at radius 3 is 2.59 bits per heavy atom. The molecule has 0 unspecified atom stereocenters. The molecule has 1 aliphatic rings. The number of hydrogen-bond acceptors (Lipinski definition) is 3. The number of halogens is 2. The van der Waals surface area contributed by atoms with Crippen molar-refractivity contribution in [1.82, 2.24) is 4.90 Å². The van der Waals surface area contributed by atoms with Crippen molar-refractivity contribution >= 4 is 40.7 Å². The molecule has 2 aromatic carbocycles. The molecule has 0 aromatic heterocycles. The zero-order valence-corrected chi connectivity index (χ0v) is 18.0. The molecular weight excluding hydrogens is 411 g/mol. The standard InChI is InChI=1S/C22H24Cl2N2O3/c1-15(2)26(14-16-7-8-17(23)18(24)13-16)22(28)10-9-21(27)25-11-12-29-20-6-4-3-5-19(20)25/h3-8,13,15H,9-12,14H2,1-2H3. The Labute approximate surface area is 181 Å². The van der Waals surface area contributed by atoms with Gasteiger partial charge in [-0.15, -0.1) is 0 Å². The van der Waals surface area contributed by atoms with E-state index in [2.05, 4.69) is 0 Å². The quantitative estimate of drug-likeness (QED) is 0.646. The minimum Gasteiger partial charge on any atom is -0.490 e. The van der Waals surface area contributed by atoms with Crippen LogP contribution in [0.15, 0.2) is 42.5 Å². The van der Waals surface area contributed by atoms with Gasteiger partial charge in [-0.3, -0.25) is 9.59 Å². The third-order valence-corrected chi connectivity index (χ3v) is 5.60. The van der Waals surface area contributed by atoms with E-state index in [0.29, 0.717) is 35.5 Å². The molecule has 7 heteroatoms. The summed E-state index contributed by atoms with van der Waals surface area (Å²) in [5, 5.41) is 0.940. The Morgan fingerprint density at radius 1 is 1.10 bits per heavy atom. The fourth-order valence-electron chi connectivity index (χ4n) is 3.31. The highest BCUT2D eigenvalue weighted by molar-refractivity contribution is 6.42. The van der Waals surface area contributed by atoms with Gasteiger partial charge >= 0.3 is 0 Å².